The lowest BCUT2D eigenvalue weighted by molar-refractivity contribution is -0.143. The van der Waals surface area contributed by atoms with Gasteiger partial charge in [-0.3, -0.25) is 9.48 Å². The molecule has 1 N–H and O–H groups in total. The Morgan fingerprint density at radius 3 is 2.63 bits per heavy atom. The summed E-state index contributed by atoms with van der Waals surface area (Å²) in [4.78, 5) is 25.7. The molecule has 0 aliphatic heterocycles. The van der Waals surface area contributed by atoms with Crippen LogP contribution in [0.5, 0.6) is 5.75 Å². The lowest BCUT2D eigenvalue weighted by Gasteiger charge is -2.36. The number of aryl methyl sites for hydroxylation is 2. The summed E-state index contributed by atoms with van der Waals surface area (Å²) in [6.45, 7) is 4.22. The van der Waals surface area contributed by atoms with E-state index in [0.717, 1.165) is 47.4 Å². The smallest absolute Gasteiger partial charge is 0.410 e. The summed E-state index contributed by atoms with van der Waals surface area (Å²) in [6.07, 6.45) is 7.97. The molecule has 1 heterocycles. The van der Waals surface area contributed by atoms with Crippen molar-refractivity contribution < 1.29 is 24.2 Å². The lowest BCUT2D eigenvalue weighted by atomic mass is 9.80. The van der Waals surface area contributed by atoms with Crippen LogP contribution < -0.4 is 4.74 Å². The summed E-state index contributed by atoms with van der Waals surface area (Å²) in [5.41, 5.74) is 3.68. The molecule has 0 spiro atoms. The van der Waals surface area contributed by atoms with E-state index in [2.05, 4.69) is 12.0 Å². The highest BCUT2D eigenvalue weighted by molar-refractivity contribution is 5.70. The van der Waals surface area contributed by atoms with Gasteiger partial charge in [0.05, 0.1) is 23.9 Å². The minimum absolute atomic E-state index is 0.0814. The zero-order valence-corrected chi connectivity index (χ0v) is 21.2. The monoisotopic (exact) mass is 483 g/mol. The highest BCUT2D eigenvalue weighted by atomic mass is 16.6. The van der Waals surface area contributed by atoms with Crippen molar-refractivity contribution in [3.63, 3.8) is 0 Å². The van der Waals surface area contributed by atoms with Crippen LogP contribution in [0.15, 0.2) is 24.4 Å². The van der Waals surface area contributed by atoms with Crippen LogP contribution in [-0.4, -0.2) is 51.0 Å². The Kier molecular flexibility index (Phi) is 7.67. The molecule has 0 radical (unpaired) electrons. The van der Waals surface area contributed by atoms with Gasteiger partial charge in [0.25, 0.3) is 0 Å². The molecule has 1 unspecified atom stereocenters. The Bertz CT molecular complexity index is 1060. The third-order valence-corrected chi connectivity index (χ3v) is 7.88. The number of carboxylic acid groups (broad SMARTS) is 1. The van der Waals surface area contributed by atoms with Crippen molar-refractivity contribution in [1.82, 2.24) is 14.7 Å². The molecule has 2 saturated carbocycles. The first kappa shape index (κ1) is 25.1. The zero-order valence-electron chi connectivity index (χ0n) is 21.2. The van der Waals surface area contributed by atoms with Gasteiger partial charge in [-0.1, -0.05) is 12.5 Å². The molecule has 4 rings (SSSR count). The normalized spacial score (nSPS) is 21.1. The number of carbonyl (C=O) groups excluding carboxylic acids is 1. The van der Waals surface area contributed by atoms with Gasteiger partial charge in [0.15, 0.2) is 0 Å². The van der Waals surface area contributed by atoms with E-state index in [-0.39, 0.29) is 30.8 Å². The van der Waals surface area contributed by atoms with Gasteiger partial charge in [0.2, 0.25) is 0 Å². The fraction of sp³-hybridized carbons (Fsp3) is 0.593. The molecule has 2 aromatic rings. The fourth-order valence-corrected chi connectivity index (χ4v) is 5.12. The lowest BCUT2D eigenvalue weighted by Crippen LogP contribution is -2.42. The van der Waals surface area contributed by atoms with Gasteiger partial charge in [0, 0.05) is 25.7 Å². The Hall–Kier alpha value is -3.03. The standard InChI is InChI=1S/C27H37N3O5/c1-17-13-20(11-12-25(17)35-22-10-6-9-21(14-22)26(31)32)23-15-28-30(4)24(23)16-34-27(33)29(3)18(2)19-7-5-8-19/h11-13,15,18-19,21-22H,5-10,14,16H2,1-4H3,(H,31,32)/t18?,21-,22-/m0/s1. The molecule has 0 bridgehead atoms. The minimum atomic E-state index is -0.737. The Labute approximate surface area is 207 Å². The predicted molar refractivity (Wildman–Crippen MR) is 132 cm³/mol. The van der Waals surface area contributed by atoms with E-state index >= 15 is 0 Å². The van der Waals surface area contributed by atoms with Crippen LogP contribution in [-0.2, 0) is 23.2 Å². The first-order valence-corrected chi connectivity index (χ1v) is 12.7. The molecular weight excluding hydrogens is 446 g/mol. The topological polar surface area (TPSA) is 93.9 Å². The van der Waals surface area contributed by atoms with Gasteiger partial charge in [-0.05, 0) is 81.5 Å². The average Bonchev–Trinajstić information content (AvgIpc) is 3.17. The molecule has 3 atom stereocenters. The minimum Gasteiger partial charge on any atom is -0.490 e. The highest BCUT2D eigenvalue weighted by Gasteiger charge is 2.30. The summed E-state index contributed by atoms with van der Waals surface area (Å²) in [5, 5.41) is 13.7. The number of hydrogen-bond acceptors (Lipinski definition) is 5. The van der Waals surface area contributed by atoms with Crippen molar-refractivity contribution in [2.75, 3.05) is 7.05 Å². The van der Waals surface area contributed by atoms with E-state index in [1.807, 2.05) is 39.2 Å². The van der Waals surface area contributed by atoms with E-state index in [0.29, 0.717) is 12.3 Å². The average molecular weight is 484 g/mol. The largest absolute Gasteiger partial charge is 0.490 e. The van der Waals surface area contributed by atoms with E-state index in [1.54, 1.807) is 15.8 Å². The molecular formula is C27H37N3O5. The van der Waals surface area contributed by atoms with Gasteiger partial charge in [-0.2, -0.15) is 5.10 Å². The second-order valence-corrected chi connectivity index (χ2v) is 10.1. The summed E-state index contributed by atoms with van der Waals surface area (Å²) >= 11 is 0. The first-order chi connectivity index (χ1) is 16.7. The number of benzene rings is 1. The van der Waals surface area contributed by atoms with Gasteiger partial charge in [0.1, 0.15) is 12.4 Å². The van der Waals surface area contributed by atoms with Crippen LogP contribution in [0.1, 0.15) is 63.1 Å². The van der Waals surface area contributed by atoms with Crippen molar-refractivity contribution in [3.05, 3.63) is 35.7 Å². The molecule has 1 aromatic carbocycles. The molecule has 8 nitrogen and oxygen atoms in total. The second-order valence-electron chi connectivity index (χ2n) is 10.1. The summed E-state index contributed by atoms with van der Waals surface area (Å²) in [5.74, 6) is 0.268. The Morgan fingerprint density at radius 2 is 1.97 bits per heavy atom. The number of carboxylic acids is 1. The maximum Gasteiger partial charge on any atom is 0.410 e. The first-order valence-electron chi connectivity index (χ1n) is 12.7. The summed E-state index contributed by atoms with van der Waals surface area (Å²) in [7, 11) is 3.65. The van der Waals surface area contributed by atoms with Gasteiger partial charge in [-0.25, -0.2) is 4.79 Å². The molecule has 190 valence electrons. The molecule has 35 heavy (non-hydrogen) atoms. The number of ether oxygens (including phenoxy) is 2. The number of aromatic nitrogens is 2. The predicted octanol–water partition coefficient (Wildman–Crippen LogP) is 5.17. The number of rotatable bonds is 8. The molecule has 2 fully saturated rings. The van der Waals surface area contributed by atoms with E-state index in [4.69, 9.17) is 9.47 Å². The third kappa shape index (κ3) is 5.63. The van der Waals surface area contributed by atoms with Crippen molar-refractivity contribution in [1.29, 1.82) is 0 Å². The van der Waals surface area contributed by atoms with E-state index in [9.17, 15) is 14.7 Å². The number of hydrogen-bond donors (Lipinski definition) is 1. The number of aliphatic carboxylic acids is 1. The van der Waals surface area contributed by atoms with Gasteiger partial charge >= 0.3 is 12.1 Å². The van der Waals surface area contributed by atoms with Crippen molar-refractivity contribution in [2.45, 2.75) is 77.5 Å². The van der Waals surface area contributed by atoms with Crippen LogP contribution in [0.25, 0.3) is 11.1 Å². The number of nitrogens with zero attached hydrogens (tertiary/aromatic N) is 3. The quantitative estimate of drug-likeness (QED) is 0.556. The van der Waals surface area contributed by atoms with Crippen LogP contribution in [0.3, 0.4) is 0 Å². The molecule has 1 amide bonds. The highest BCUT2D eigenvalue weighted by Crippen LogP contribution is 2.34. The third-order valence-electron chi connectivity index (χ3n) is 7.88. The maximum atomic E-state index is 12.7. The van der Waals surface area contributed by atoms with Crippen LogP contribution >= 0.6 is 0 Å². The van der Waals surface area contributed by atoms with Crippen LogP contribution in [0.2, 0.25) is 0 Å². The van der Waals surface area contributed by atoms with Gasteiger partial charge in [-0.15, -0.1) is 0 Å². The van der Waals surface area contributed by atoms with E-state index in [1.165, 1.54) is 19.3 Å². The molecule has 8 heteroatoms. The molecule has 0 saturated heterocycles. The second kappa shape index (κ2) is 10.7. The van der Waals surface area contributed by atoms with Crippen LogP contribution in [0.4, 0.5) is 4.79 Å². The maximum absolute atomic E-state index is 12.7. The number of amides is 1. The van der Waals surface area contributed by atoms with Crippen molar-refractivity contribution in [2.24, 2.45) is 18.9 Å². The molecule has 2 aliphatic rings. The van der Waals surface area contributed by atoms with E-state index < -0.39 is 5.97 Å². The molecule has 1 aromatic heterocycles. The Balaban J connectivity index is 1.42. The zero-order chi connectivity index (χ0) is 25.1. The van der Waals surface area contributed by atoms with Crippen LogP contribution in [0, 0.1) is 18.8 Å². The Morgan fingerprint density at radius 1 is 1.23 bits per heavy atom. The van der Waals surface area contributed by atoms with Crippen molar-refractivity contribution >= 4 is 12.1 Å². The summed E-state index contributed by atoms with van der Waals surface area (Å²) < 4.78 is 13.6. The summed E-state index contributed by atoms with van der Waals surface area (Å²) in [6, 6.07) is 6.13. The number of carbonyl (C=O) groups is 2. The van der Waals surface area contributed by atoms with Crippen molar-refractivity contribution in [3.8, 4) is 16.9 Å². The van der Waals surface area contributed by atoms with Gasteiger partial charge < -0.3 is 19.5 Å². The fourth-order valence-electron chi connectivity index (χ4n) is 5.12. The molecule has 2 aliphatic carbocycles. The SMILES string of the molecule is Cc1cc(-c2cnn(C)c2COC(=O)N(C)C(C)C2CCC2)ccc1O[C@H]1CCC[C@H](C(=O)O)C1.